The number of halogens is 2. The molecule has 0 saturated heterocycles. The Kier molecular flexibility index (Phi) is 8.96. The number of nitriles is 1. The van der Waals surface area contributed by atoms with Crippen LogP contribution in [0.5, 0.6) is 11.5 Å². The van der Waals surface area contributed by atoms with Crippen molar-refractivity contribution in [2.45, 2.75) is 71.1 Å². The average molecular weight is 496 g/mol. The molecule has 2 saturated carbocycles. The molecular formula is C30H35F2NO3. The normalized spacial score (nSPS) is 24.1. The van der Waals surface area contributed by atoms with E-state index in [1.165, 1.54) is 70.3 Å². The zero-order chi connectivity index (χ0) is 25.5. The van der Waals surface area contributed by atoms with Gasteiger partial charge >= 0.3 is 5.97 Å². The quantitative estimate of drug-likeness (QED) is 0.276. The largest absolute Gasteiger partial charge is 0.493 e. The summed E-state index contributed by atoms with van der Waals surface area (Å²) in [7, 11) is 0. The lowest BCUT2D eigenvalue weighted by atomic mass is 9.69. The fourth-order valence-electron chi connectivity index (χ4n) is 5.97. The van der Waals surface area contributed by atoms with Gasteiger partial charge in [-0.1, -0.05) is 32.6 Å². The average Bonchev–Trinajstić information content (AvgIpc) is 2.88. The van der Waals surface area contributed by atoms with E-state index in [0.717, 1.165) is 29.9 Å². The third-order valence-electron chi connectivity index (χ3n) is 8.06. The zero-order valence-corrected chi connectivity index (χ0v) is 21.0. The SMILES string of the molecule is CCC[C@H]1CC[C@H]([C@H]2CC[C@H](COc3ccc(C(=O)Oc4cc(F)c(C#N)c(F)c4)cc3)CC2)CC1. The van der Waals surface area contributed by atoms with Gasteiger partial charge in [0.1, 0.15) is 34.8 Å². The summed E-state index contributed by atoms with van der Waals surface area (Å²) in [5, 5.41) is 8.74. The molecule has 0 unspecified atom stereocenters. The molecule has 2 aromatic carbocycles. The molecule has 0 bridgehead atoms. The molecule has 4 rings (SSSR count). The molecule has 4 nitrogen and oxygen atoms in total. The van der Waals surface area contributed by atoms with Crippen molar-refractivity contribution in [3.05, 3.63) is 59.2 Å². The van der Waals surface area contributed by atoms with Crippen LogP contribution in [0, 0.1) is 46.6 Å². The minimum atomic E-state index is -1.07. The van der Waals surface area contributed by atoms with Crippen LogP contribution in [0.25, 0.3) is 0 Å². The first-order chi connectivity index (χ1) is 17.5. The number of ether oxygens (including phenoxy) is 2. The molecule has 0 radical (unpaired) electrons. The molecule has 2 aromatic rings. The van der Waals surface area contributed by atoms with Crippen LogP contribution in [0.15, 0.2) is 36.4 Å². The van der Waals surface area contributed by atoms with Crippen LogP contribution >= 0.6 is 0 Å². The summed E-state index contributed by atoms with van der Waals surface area (Å²) in [6, 6.07) is 9.63. The second-order valence-electron chi connectivity index (χ2n) is 10.4. The van der Waals surface area contributed by atoms with Crippen LogP contribution in [0.2, 0.25) is 0 Å². The number of hydrogen-bond donors (Lipinski definition) is 0. The summed E-state index contributed by atoms with van der Waals surface area (Å²) in [6.07, 6.45) is 13.4. The molecule has 0 N–H and O–H groups in total. The van der Waals surface area contributed by atoms with Crippen LogP contribution < -0.4 is 9.47 Å². The predicted octanol–water partition coefficient (Wildman–Crippen LogP) is 7.85. The highest BCUT2D eigenvalue weighted by molar-refractivity contribution is 5.91. The highest BCUT2D eigenvalue weighted by Gasteiger charge is 2.30. The standard InChI is InChI=1S/C30H35F2NO3/c1-2-3-20-4-8-22(9-5-20)23-10-6-21(7-11-23)19-35-25-14-12-24(13-15-25)30(34)36-26-16-28(31)27(18-33)29(32)17-26/h12-17,20-23H,2-11,19H2,1H3/t20-,21-,22-,23-. The first-order valence-corrected chi connectivity index (χ1v) is 13.3. The van der Waals surface area contributed by atoms with Gasteiger partial charge in [-0.2, -0.15) is 5.26 Å². The number of esters is 1. The van der Waals surface area contributed by atoms with Crippen LogP contribution in [-0.2, 0) is 0 Å². The summed E-state index contributed by atoms with van der Waals surface area (Å²) < 4.78 is 38.5. The Hall–Kier alpha value is -2.94. The van der Waals surface area contributed by atoms with E-state index in [1.807, 2.05) is 0 Å². The van der Waals surface area contributed by atoms with Gasteiger partial charge in [0, 0.05) is 12.1 Å². The van der Waals surface area contributed by atoms with Crippen molar-refractivity contribution in [3.63, 3.8) is 0 Å². The Morgan fingerprint density at radius 3 is 1.97 bits per heavy atom. The van der Waals surface area contributed by atoms with Crippen LogP contribution in [-0.4, -0.2) is 12.6 Å². The van der Waals surface area contributed by atoms with Gasteiger partial charge in [0.05, 0.1) is 12.2 Å². The lowest BCUT2D eigenvalue weighted by molar-refractivity contribution is 0.0734. The van der Waals surface area contributed by atoms with Gasteiger partial charge in [0.15, 0.2) is 0 Å². The van der Waals surface area contributed by atoms with Crippen molar-refractivity contribution in [1.29, 1.82) is 5.26 Å². The van der Waals surface area contributed by atoms with E-state index in [0.29, 0.717) is 18.3 Å². The van der Waals surface area contributed by atoms with Crippen LogP contribution in [0.4, 0.5) is 8.78 Å². The number of rotatable bonds is 8. The van der Waals surface area contributed by atoms with E-state index in [-0.39, 0.29) is 11.3 Å². The second kappa shape index (κ2) is 12.3. The van der Waals surface area contributed by atoms with Gasteiger partial charge < -0.3 is 9.47 Å². The minimum absolute atomic E-state index is 0.238. The van der Waals surface area contributed by atoms with E-state index in [9.17, 15) is 13.6 Å². The molecule has 192 valence electrons. The Morgan fingerprint density at radius 2 is 1.44 bits per heavy atom. The summed E-state index contributed by atoms with van der Waals surface area (Å²) in [5.74, 6) is 0.825. The van der Waals surface area contributed by atoms with Gasteiger partial charge in [-0.25, -0.2) is 13.6 Å². The van der Waals surface area contributed by atoms with Gasteiger partial charge in [-0.15, -0.1) is 0 Å². The number of carbonyl (C=O) groups excluding carboxylic acids is 1. The van der Waals surface area contributed by atoms with E-state index >= 15 is 0 Å². The molecule has 2 fully saturated rings. The zero-order valence-electron chi connectivity index (χ0n) is 21.0. The Balaban J connectivity index is 1.21. The van der Waals surface area contributed by atoms with Gasteiger partial charge in [0.25, 0.3) is 0 Å². The number of nitrogens with zero attached hydrogens (tertiary/aromatic N) is 1. The first kappa shape index (κ1) is 26.1. The fourth-order valence-corrected chi connectivity index (χ4v) is 5.97. The molecule has 0 amide bonds. The van der Waals surface area contributed by atoms with Crippen molar-refractivity contribution in [1.82, 2.24) is 0 Å². The van der Waals surface area contributed by atoms with Crippen LogP contribution in [0.3, 0.4) is 0 Å². The highest BCUT2D eigenvalue weighted by Crippen LogP contribution is 2.42. The van der Waals surface area contributed by atoms with E-state index in [2.05, 4.69) is 6.92 Å². The minimum Gasteiger partial charge on any atom is -0.493 e. The van der Waals surface area contributed by atoms with Crippen molar-refractivity contribution in [2.75, 3.05) is 6.61 Å². The van der Waals surface area contributed by atoms with Crippen molar-refractivity contribution < 1.29 is 23.0 Å². The molecule has 36 heavy (non-hydrogen) atoms. The molecular weight excluding hydrogens is 460 g/mol. The molecule has 0 aliphatic heterocycles. The Morgan fingerprint density at radius 1 is 0.889 bits per heavy atom. The molecule has 6 heteroatoms. The molecule has 0 atom stereocenters. The summed E-state index contributed by atoms with van der Waals surface area (Å²) in [4.78, 5) is 12.3. The van der Waals surface area contributed by atoms with Gasteiger partial charge in [-0.3, -0.25) is 0 Å². The predicted molar refractivity (Wildman–Crippen MR) is 134 cm³/mol. The monoisotopic (exact) mass is 495 g/mol. The lowest BCUT2D eigenvalue weighted by Gasteiger charge is -2.37. The fraction of sp³-hybridized carbons (Fsp3) is 0.533. The third kappa shape index (κ3) is 6.63. The van der Waals surface area contributed by atoms with Crippen molar-refractivity contribution >= 4 is 5.97 Å². The smallest absolute Gasteiger partial charge is 0.343 e. The van der Waals surface area contributed by atoms with Gasteiger partial charge in [-0.05, 0) is 86.5 Å². The maximum atomic E-state index is 13.7. The molecule has 2 aliphatic rings. The van der Waals surface area contributed by atoms with E-state index in [1.54, 1.807) is 24.3 Å². The van der Waals surface area contributed by atoms with Gasteiger partial charge in [0.2, 0.25) is 0 Å². The Labute approximate surface area is 212 Å². The summed E-state index contributed by atoms with van der Waals surface area (Å²) in [5.41, 5.74) is -0.471. The topological polar surface area (TPSA) is 59.3 Å². The number of carbonyl (C=O) groups is 1. The Bertz CT molecular complexity index is 1040. The molecule has 0 spiro atoms. The maximum absolute atomic E-state index is 13.7. The number of hydrogen-bond acceptors (Lipinski definition) is 4. The van der Waals surface area contributed by atoms with Crippen molar-refractivity contribution in [2.24, 2.45) is 23.7 Å². The summed E-state index contributed by atoms with van der Waals surface area (Å²) in [6.45, 7) is 2.97. The van der Waals surface area contributed by atoms with Crippen molar-refractivity contribution in [3.8, 4) is 17.6 Å². The second-order valence-corrected chi connectivity index (χ2v) is 10.4. The number of benzene rings is 2. The van der Waals surface area contributed by atoms with E-state index < -0.39 is 23.2 Å². The van der Waals surface area contributed by atoms with Crippen LogP contribution in [0.1, 0.15) is 87.1 Å². The third-order valence-corrected chi connectivity index (χ3v) is 8.06. The maximum Gasteiger partial charge on any atom is 0.343 e. The molecule has 2 aliphatic carbocycles. The summed E-state index contributed by atoms with van der Waals surface area (Å²) >= 11 is 0. The molecule has 0 aromatic heterocycles. The lowest BCUT2D eigenvalue weighted by Crippen LogP contribution is -2.27. The first-order valence-electron chi connectivity index (χ1n) is 13.3. The molecule has 0 heterocycles. The highest BCUT2D eigenvalue weighted by atomic mass is 19.1. The van der Waals surface area contributed by atoms with E-state index in [4.69, 9.17) is 14.7 Å².